The summed E-state index contributed by atoms with van der Waals surface area (Å²) in [6, 6.07) is 24.0. The molecule has 2 aromatic heterocycles. The van der Waals surface area contributed by atoms with Crippen LogP contribution in [0.5, 0.6) is 11.5 Å². The molecule has 2 aromatic carbocycles. The highest BCUT2D eigenvalue weighted by Gasteiger charge is 2.39. The van der Waals surface area contributed by atoms with Crippen LogP contribution in [0.3, 0.4) is 0 Å². The van der Waals surface area contributed by atoms with E-state index in [9.17, 15) is 5.11 Å². The first kappa shape index (κ1) is 31.7. The highest BCUT2D eigenvalue weighted by Crippen LogP contribution is 2.40. The van der Waals surface area contributed by atoms with Crippen LogP contribution in [0.1, 0.15) is 59.0 Å². The van der Waals surface area contributed by atoms with Crippen LogP contribution in [-0.4, -0.2) is 31.7 Å². The van der Waals surface area contributed by atoms with Crippen molar-refractivity contribution < 1.29 is 14.0 Å². The zero-order valence-electron chi connectivity index (χ0n) is 26.8. The predicted molar refractivity (Wildman–Crippen MR) is 179 cm³/mol. The van der Waals surface area contributed by atoms with Gasteiger partial charge in [0.15, 0.2) is 0 Å². The lowest BCUT2D eigenvalue weighted by molar-refractivity contribution is 0.211. The molecule has 2 heterocycles. The average molecular weight is 599 g/mol. The SMILES string of the molecule is CC(C)(C)[Si](C)(C)Oc1ccc(-c2cccnc2C(O)c2ncccc2-c2ccc(O[Si](C)(C)C(C)(C)C)cc2)cc1. The molecule has 0 saturated carbocycles. The molecule has 42 heavy (non-hydrogen) atoms. The molecule has 0 aliphatic heterocycles. The molecule has 0 spiro atoms. The van der Waals surface area contributed by atoms with Gasteiger partial charge < -0.3 is 14.0 Å². The number of hydrogen-bond acceptors (Lipinski definition) is 5. The summed E-state index contributed by atoms with van der Waals surface area (Å²) in [6.45, 7) is 22.4. The van der Waals surface area contributed by atoms with Crippen LogP contribution >= 0.6 is 0 Å². The van der Waals surface area contributed by atoms with Gasteiger partial charge in [-0.15, -0.1) is 0 Å². The van der Waals surface area contributed by atoms with Gasteiger partial charge in [-0.3, -0.25) is 9.97 Å². The molecule has 0 aliphatic rings. The first-order chi connectivity index (χ1) is 19.5. The quantitative estimate of drug-likeness (QED) is 0.205. The van der Waals surface area contributed by atoms with Crippen molar-refractivity contribution in [3.05, 3.63) is 96.6 Å². The Morgan fingerprint density at radius 2 is 0.905 bits per heavy atom. The summed E-state index contributed by atoms with van der Waals surface area (Å²) in [7, 11) is -3.89. The second-order valence-electron chi connectivity index (χ2n) is 14.0. The van der Waals surface area contributed by atoms with Crippen LogP contribution in [0.25, 0.3) is 22.3 Å². The summed E-state index contributed by atoms with van der Waals surface area (Å²) in [6.07, 6.45) is 2.42. The highest BCUT2D eigenvalue weighted by atomic mass is 28.4. The van der Waals surface area contributed by atoms with Crippen molar-refractivity contribution in [2.75, 3.05) is 0 Å². The van der Waals surface area contributed by atoms with Gasteiger partial charge in [-0.2, -0.15) is 0 Å². The molecule has 0 amide bonds. The number of aliphatic hydroxyl groups excluding tert-OH is 1. The minimum atomic E-state index is -1.94. The van der Waals surface area contributed by atoms with Gasteiger partial charge in [-0.05, 0) is 83.8 Å². The minimum Gasteiger partial charge on any atom is -0.544 e. The van der Waals surface area contributed by atoms with Crippen LogP contribution in [0, 0.1) is 0 Å². The number of pyridine rings is 2. The molecule has 0 saturated heterocycles. The van der Waals surface area contributed by atoms with E-state index in [-0.39, 0.29) is 10.1 Å². The number of aromatic nitrogens is 2. The number of aliphatic hydroxyl groups is 1. The van der Waals surface area contributed by atoms with Crippen molar-refractivity contribution in [1.29, 1.82) is 0 Å². The lowest BCUT2D eigenvalue weighted by Gasteiger charge is -2.36. The molecular formula is C35H46N2O3Si2. The first-order valence-electron chi connectivity index (χ1n) is 14.7. The summed E-state index contributed by atoms with van der Waals surface area (Å²) in [5.74, 6) is 1.73. The van der Waals surface area contributed by atoms with E-state index in [1.54, 1.807) is 12.4 Å². The third-order valence-corrected chi connectivity index (χ3v) is 17.6. The lowest BCUT2D eigenvalue weighted by atomic mass is 9.95. The average Bonchev–Trinajstić information content (AvgIpc) is 2.92. The molecule has 0 unspecified atom stereocenters. The van der Waals surface area contributed by atoms with Crippen LogP contribution in [0.15, 0.2) is 85.2 Å². The van der Waals surface area contributed by atoms with E-state index in [2.05, 4.69) is 77.7 Å². The van der Waals surface area contributed by atoms with Gasteiger partial charge in [0.25, 0.3) is 0 Å². The molecule has 0 bridgehead atoms. The number of nitrogens with zero attached hydrogens (tertiary/aromatic N) is 2. The Morgan fingerprint density at radius 3 is 1.21 bits per heavy atom. The fourth-order valence-electron chi connectivity index (χ4n) is 4.19. The Kier molecular flexibility index (Phi) is 8.88. The van der Waals surface area contributed by atoms with Crippen LogP contribution in [-0.2, 0) is 0 Å². The predicted octanol–water partition coefficient (Wildman–Crippen LogP) is 9.66. The van der Waals surface area contributed by atoms with Crippen molar-refractivity contribution in [3.8, 4) is 33.8 Å². The van der Waals surface area contributed by atoms with E-state index in [0.29, 0.717) is 11.4 Å². The Bertz CT molecular complexity index is 1390. The highest BCUT2D eigenvalue weighted by molar-refractivity contribution is 6.75. The number of benzene rings is 2. The second kappa shape index (κ2) is 11.8. The lowest BCUT2D eigenvalue weighted by Crippen LogP contribution is -2.43. The molecule has 7 heteroatoms. The summed E-state index contributed by atoms with van der Waals surface area (Å²) < 4.78 is 13.0. The van der Waals surface area contributed by atoms with Gasteiger partial charge in [0.05, 0.1) is 11.4 Å². The molecule has 0 atom stereocenters. The second-order valence-corrected chi connectivity index (χ2v) is 23.5. The fourth-order valence-corrected chi connectivity index (χ4v) is 6.25. The molecule has 1 N–H and O–H groups in total. The van der Waals surface area contributed by atoms with Gasteiger partial charge in [-0.25, -0.2) is 0 Å². The van der Waals surface area contributed by atoms with Gasteiger partial charge in [0, 0.05) is 23.5 Å². The monoisotopic (exact) mass is 598 g/mol. The third-order valence-electron chi connectivity index (χ3n) is 8.88. The first-order valence-corrected chi connectivity index (χ1v) is 20.5. The Hall–Kier alpha value is -3.27. The maximum absolute atomic E-state index is 11.7. The van der Waals surface area contributed by atoms with Crippen molar-refractivity contribution in [2.45, 2.75) is 83.9 Å². The van der Waals surface area contributed by atoms with Gasteiger partial charge in [-0.1, -0.05) is 77.9 Å². The maximum Gasteiger partial charge on any atom is 0.250 e. The van der Waals surface area contributed by atoms with Crippen LogP contribution < -0.4 is 8.85 Å². The Labute approximate surface area is 254 Å². The summed E-state index contributed by atoms with van der Waals surface area (Å²) in [5, 5.41) is 11.9. The van der Waals surface area contributed by atoms with Gasteiger partial charge in [0.1, 0.15) is 17.6 Å². The molecule has 5 nitrogen and oxygen atoms in total. The molecule has 4 rings (SSSR count). The van der Waals surface area contributed by atoms with Crippen LogP contribution in [0.2, 0.25) is 36.3 Å². The van der Waals surface area contributed by atoms with Gasteiger partial charge >= 0.3 is 0 Å². The Morgan fingerprint density at radius 1 is 0.571 bits per heavy atom. The van der Waals surface area contributed by atoms with Crippen molar-refractivity contribution in [3.63, 3.8) is 0 Å². The van der Waals surface area contributed by atoms with E-state index in [1.165, 1.54) is 0 Å². The van der Waals surface area contributed by atoms with Crippen molar-refractivity contribution in [1.82, 2.24) is 9.97 Å². The van der Waals surface area contributed by atoms with Gasteiger partial charge in [0.2, 0.25) is 16.6 Å². The van der Waals surface area contributed by atoms with Crippen molar-refractivity contribution in [2.24, 2.45) is 0 Å². The van der Waals surface area contributed by atoms with Crippen molar-refractivity contribution >= 4 is 16.6 Å². The molecule has 0 fully saturated rings. The minimum absolute atomic E-state index is 0.116. The summed E-state index contributed by atoms with van der Waals surface area (Å²) in [5.41, 5.74) is 4.77. The zero-order valence-corrected chi connectivity index (χ0v) is 28.8. The smallest absolute Gasteiger partial charge is 0.250 e. The number of hydrogen-bond donors (Lipinski definition) is 1. The third kappa shape index (κ3) is 6.85. The van der Waals surface area contributed by atoms with E-state index in [0.717, 1.165) is 33.8 Å². The maximum atomic E-state index is 11.7. The molecule has 0 radical (unpaired) electrons. The molecular weight excluding hydrogens is 553 g/mol. The van der Waals surface area contributed by atoms with E-state index >= 15 is 0 Å². The summed E-state index contributed by atoms with van der Waals surface area (Å²) >= 11 is 0. The van der Waals surface area contributed by atoms with Crippen LogP contribution in [0.4, 0.5) is 0 Å². The topological polar surface area (TPSA) is 64.5 Å². The van der Waals surface area contributed by atoms with E-state index in [4.69, 9.17) is 8.85 Å². The van der Waals surface area contributed by atoms with E-state index in [1.807, 2.05) is 72.8 Å². The Balaban J connectivity index is 1.63. The van der Waals surface area contributed by atoms with E-state index < -0.39 is 22.7 Å². The zero-order chi connectivity index (χ0) is 30.9. The number of rotatable bonds is 8. The standard InChI is InChI=1S/C35H46N2O3Si2/c1-34(2,3)41(7,8)39-27-19-15-25(16-20-27)29-13-11-23-36-31(29)33(38)32-30(14-12-24-37-32)26-17-21-28(22-18-26)40-42(9,10)35(4,5)6/h11-24,33,38H,1-10H3. The molecule has 0 aliphatic carbocycles. The summed E-state index contributed by atoms with van der Waals surface area (Å²) in [4.78, 5) is 9.26. The molecule has 4 aromatic rings. The largest absolute Gasteiger partial charge is 0.544 e. The molecule has 222 valence electrons. The normalized spacial score (nSPS) is 12.9. The fraction of sp³-hybridized carbons (Fsp3) is 0.371.